The molecule has 2 aromatic heterocycles. The van der Waals surface area contributed by atoms with E-state index in [-0.39, 0.29) is 18.0 Å². The van der Waals surface area contributed by atoms with Crippen molar-refractivity contribution in [2.24, 2.45) is 0 Å². The molecule has 178 valence electrons. The number of fused-ring (bicyclic) bond motifs is 1. The standard InChI is InChI=1S/C21H24N2O3.C2HF3O2/c1-5-15(24)14-25-19-13-16(26-21(2,3)4)9-10-17(19)18-7-6-8-20-22-11-12-23(18)20;3-2(4,5)1(6)7/h6-13H,5,14H2,1-4H3;(H,6,7). The van der Waals surface area contributed by atoms with Crippen LogP contribution in [0.3, 0.4) is 0 Å². The lowest BCUT2D eigenvalue weighted by Crippen LogP contribution is -2.23. The highest BCUT2D eigenvalue weighted by Gasteiger charge is 2.38. The fourth-order valence-electron chi connectivity index (χ4n) is 2.68. The second kappa shape index (κ2) is 10.4. The molecule has 0 unspecified atom stereocenters. The van der Waals surface area contributed by atoms with Crippen molar-refractivity contribution < 1.29 is 37.3 Å². The number of ether oxygens (including phenoxy) is 2. The zero-order valence-corrected chi connectivity index (χ0v) is 18.6. The number of carboxylic acid groups (broad SMARTS) is 1. The monoisotopic (exact) mass is 466 g/mol. The molecular weight excluding hydrogens is 441 g/mol. The first-order valence-electron chi connectivity index (χ1n) is 10.0. The average molecular weight is 466 g/mol. The van der Waals surface area contributed by atoms with E-state index in [0.717, 1.165) is 16.9 Å². The van der Waals surface area contributed by atoms with Gasteiger partial charge in [-0.1, -0.05) is 13.0 Å². The lowest BCUT2D eigenvalue weighted by molar-refractivity contribution is -0.192. The molecule has 33 heavy (non-hydrogen) atoms. The number of halogens is 3. The molecule has 0 atom stereocenters. The number of carboxylic acids is 1. The first-order valence-corrected chi connectivity index (χ1v) is 10.0. The van der Waals surface area contributed by atoms with Crippen molar-refractivity contribution in [2.45, 2.75) is 45.9 Å². The Bertz CT molecular complexity index is 1120. The van der Waals surface area contributed by atoms with Crippen molar-refractivity contribution in [3.05, 3.63) is 48.8 Å². The number of hydrogen-bond acceptors (Lipinski definition) is 5. The van der Waals surface area contributed by atoms with Gasteiger partial charge in [0.05, 0.1) is 5.69 Å². The quantitative estimate of drug-likeness (QED) is 0.539. The van der Waals surface area contributed by atoms with Gasteiger partial charge < -0.3 is 14.6 Å². The molecule has 0 saturated heterocycles. The molecule has 0 aliphatic rings. The van der Waals surface area contributed by atoms with E-state index in [9.17, 15) is 18.0 Å². The van der Waals surface area contributed by atoms with Crippen LogP contribution in [-0.2, 0) is 9.59 Å². The maximum atomic E-state index is 11.7. The Hall–Kier alpha value is -3.56. The minimum absolute atomic E-state index is 0.0440. The Labute approximate surface area is 188 Å². The Morgan fingerprint density at radius 1 is 1.12 bits per heavy atom. The largest absolute Gasteiger partial charge is 0.490 e. The molecular formula is C23H25F3N2O5. The van der Waals surface area contributed by atoms with Crippen LogP contribution < -0.4 is 9.47 Å². The van der Waals surface area contributed by atoms with Gasteiger partial charge in [0.1, 0.15) is 29.4 Å². The minimum atomic E-state index is -5.08. The van der Waals surface area contributed by atoms with Crippen LogP contribution in [-0.4, -0.2) is 44.6 Å². The number of pyridine rings is 1. The number of benzene rings is 1. The van der Waals surface area contributed by atoms with E-state index in [2.05, 4.69) is 4.98 Å². The van der Waals surface area contributed by atoms with Crippen LogP contribution in [0, 0.1) is 0 Å². The number of aliphatic carboxylic acids is 1. The highest BCUT2D eigenvalue weighted by molar-refractivity contribution is 5.80. The molecule has 0 saturated carbocycles. The molecule has 0 aliphatic carbocycles. The predicted molar refractivity (Wildman–Crippen MR) is 115 cm³/mol. The molecule has 0 spiro atoms. The summed E-state index contributed by atoms with van der Waals surface area (Å²) in [6.07, 6.45) is -0.965. The van der Waals surface area contributed by atoms with Crippen LogP contribution in [0.1, 0.15) is 34.1 Å². The third-order valence-corrected chi connectivity index (χ3v) is 4.11. The van der Waals surface area contributed by atoms with E-state index in [1.807, 2.05) is 74.7 Å². The number of alkyl halides is 3. The second-order valence-electron chi connectivity index (χ2n) is 7.92. The number of aromatic nitrogens is 2. The van der Waals surface area contributed by atoms with Crippen molar-refractivity contribution in [2.75, 3.05) is 6.61 Å². The summed E-state index contributed by atoms with van der Waals surface area (Å²) < 4.78 is 45.5. The second-order valence-corrected chi connectivity index (χ2v) is 7.92. The summed E-state index contributed by atoms with van der Waals surface area (Å²) in [5.41, 5.74) is 2.37. The molecule has 0 amide bonds. The highest BCUT2D eigenvalue weighted by Crippen LogP contribution is 2.35. The van der Waals surface area contributed by atoms with Crippen molar-refractivity contribution in [1.29, 1.82) is 0 Å². The van der Waals surface area contributed by atoms with Gasteiger partial charge >= 0.3 is 12.1 Å². The number of nitrogens with zero attached hydrogens (tertiary/aromatic N) is 2. The van der Waals surface area contributed by atoms with Crippen LogP contribution in [0.2, 0.25) is 0 Å². The Balaban J connectivity index is 0.000000479. The maximum Gasteiger partial charge on any atom is 0.490 e. The first-order chi connectivity index (χ1) is 15.3. The van der Waals surface area contributed by atoms with E-state index < -0.39 is 12.1 Å². The molecule has 3 aromatic rings. The zero-order valence-electron chi connectivity index (χ0n) is 18.6. The Kier molecular flexibility index (Phi) is 8.08. The molecule has 0 radical (unpaired) electrons. The zero-order chi connectivity index (χ0) is 24.8. The number of carbonyl (C=O) groups excluding carboxylic acids is 1. The molecule has 0 fully saturated rings. The van der Waals surface area contributed by atoms with Crippen molar-refractivity contribution in [1.82, 2.24) is 9.38 Å². The van der Waals surface area contributed by atoms with Gasteiger partial charge in [-0.3, -0.25) is 9.20 Å². The Morgan fingerprint density at radius 2 is 1.79 bits per heavy atom. The van der Waals surface area contributed by atoms with Gasteiger partial charge in [-0.25, -0.2) is 9.78 Å². The van der Waals surface area contributed by atoms with Crippen LogP contribution >= 0.6 is 0 Å². The van der Waals surface area contributed by atoms with E-state index in [4.69, 9.17) is 19.4 Å². The summed E-state index contributed by atoms with van der Waals surface area (Å²) in [5.74, 6) is -1.38. The first kappa shape index (κ1) is 25.7. The van der Waals surface area contributed by atoms with E-state index in [1.165, 1.54) is 0 Å². The van der Waals surface area contributed by atoms with Crippen molar-refractivity contribution >= 4 is 17.4 Å². The fraction of sp³-hybridized carbons (Fsp3) is 0.348. The summed E-state index contributed by atoms with van der Waals surface area (Å²) in [5, 5.41) is 7.12. The molecule has 7 nitrogen and oxygen atoms in total. The van der Waals surface area contributed by atoms with Gasteiger partial charge in [0.2, 0.25) is 0 Å². The van der Waals surface area contributed by atoms with Crippen LogP contribution in [0.5, 0.6) is 11.5 Å². The average Bonchev–Trinajstić information content (AvgIpc) is 3.20. The topological polar surface area (TPSA) is 90.1 Å². The van der Waals surface area contributed by atoms with Gasteiger partial charge in [-0.05, 0) is 45.0 Å². The van der Waals surface area contributed by atoms with Gasteiger partial charge in [0, 0.05) is 30.4 Å². The van der Waals surface area contributed by atoms with Crippen molar-refractivity contribution in [3.8, 4) is 22.8 Å². The van der Waals surface area contributed by atoms with E-state index in [0.29, 0.717) is 17.9 Å². The molecule has 3 rings (SSSR count). The molecule has 2 heterocycles. The van der Waals surface area contributed by atoms with Crippen LogP contribution in [0.25, 0.3) is 16.9 Å². The molecule has 1 aromatic carbocycles. The van der Waals surface area contributed by atoms with Gasteiger partial charge in [-0.15, -0.1) is 0 Å². The maximum absolute atomic E-state index is 11.7. The van der Waals surface area contributed by atoms with Crippen LogP contribution in [0.15, 0.2) is 48.8 Å². The van der Waals surface area contributed by atoms with Crippen LogP contribution in [0.4, 0.5) is 13.2 Å². The van der Waals surface area contributed by atoms with Gasteiger partial charge in [0.15, 0.2) is 5.78 Å². The lowest BCUT2D eigenvalue weighted by Gasteiger charge is -2.22. The van der Waals surface area contributed by atoms with Crippen molar-refractivity contribution in [3.63, 3.8) is 0 Å². The minimum Gasteiger partial charge on any atom is -0.488 e. The summed E-state index contributed by atoms with van der Waals surface area (Å²) >= 11 is 0. The lowest BCUT2D eigenvalue weighted by atomic mass is 10.1. The van der Waals surface area contributed by atoms with Gasteiger partial charge in [0.25, 0.3) is 0 Å². The highest BCUT2D eigenvalue weighted by atomic mass is 19.4. The fourth-order valence-corrected chi connectivity index (χ4v) is 2.68. The smallest absolute Gasteiger partial charge is 0.488 e. The third-order valence-electron chi connectivity index (χ3n) is 4.11. The number of Topliss-reactive ketones (excluding diaryl/α,β-unsaturated/α-hetero) is 1. The number of imidazole rings is 1. The number of rotatable bonds is 6. The van der Waals surface area contributed by atoms with E-state index >= 15 is 0 Å². The SMILES string of the molecule is CCC(=O)COc1cc(OC(C)(C)C)ccc1-c1cccc2nccn12.O=C(O)C(F)(F)F. The molecule has 10 heteroatoms. The predicted octanol–water partition coefficient (Wildman–Crippen LogP) is 5.17. The molecule has 0 aliphatic heterocycles. The summed E-state index contributed by atoms with van der Waals surface area (Å²) in [7, 11) is 0. The summed E-state index contributed by atoms with van der Waals surface area (Å²) in [6.45, 7) is 7.86. The summed E-state index contributed by atoms with van der Waals surface area (Å²) in [4.78, 5) is 25.0. The molecule has 1 N–H and O–H groups in total. The number of hydrogen-bond donors (Lipinski definition) is 1. The Morgan fingerprint density at radius 3 is 2.36 bits per heavy atom. The third kappa shape index (κ3) is 7.51. The van der Waals surface area contributed by atoms with E-state index in [1.54, 1.807) is 6.20 Å². The number of carbonyl (C=O) groups is 2. The number of ketones is 1. The molecule has 0 bridgehead atoms. The normalized spacial score (nSPS) is 11.5. The summed E-state index contributed by atoms with van der Waals surface area (Å²) in [6, 6.07) is 11.6. The van der Waals surface area contributed by atoms with Gasteiger partial charge in [-0.2, -0.15) is 13.2 Å².